The lowest BCUT2D eigenvalue weighted by Crippen LogP contribution is -2.38. The number of hydrogen-bond acceptors (Lipinski definition) is 6. The van der Waals surface area contributed by atoms with Crippen LogP contribution in [-0.4, -0.2) is 47.7 Å². The van der Waals surface area contributed by atoms with Crippen LogP contribution in [0, 0.1) is 5.82 Å². The van der Waals surface area contributed by atoms with Gasteiger partial charge in [-0.2, -0.15) is 5.10 Å². The molecule has 0 radical (unpaired) electrons. The summed E-state index contributed by atoms with van der Waals surface area (Å²) >= 11 is 0. The first-order valence-corrected chi connectivity index (χ1v) is 12.4. The molecule has 2 N–H and O–H groups in total. The largest absolute Gasteiger partial charge is 0.393 e. The van der Waals surface area contributed by atoms with E-state index in [2.05, 4.69) is 31.4 Å². The van der Waals surface area contributed by atoms with E-state index in [1.165, 1.54) is 12.1 Å². The first kappa shape index (κ1) is 23.2. The van der Waals surface area contributed by atoms with Crippen molar-refractivity contribution >= 4 is 22.6 Å². The molecular formula is C28H25FN6O2. The Morgan fingerprint density at radius 1 is 1.03 bits per heavy atom. The van der Waals surface area contributed by atoms with Crippen LogP contribution in [0.25, 0.3) is 27.9 Å². The topological polar surface area (TPSA) is 105 Å². The summed E-state index contributed by atoms with van der Waals surface area (Å²) in [5.41, 5.74) is 3.84. The highest BCUT2D eigenvalue weighted by molar-refractivity contribution is 5.95. The second-order valence-corrected chi connectivity index (χ2v) is 9.49. The van der Waals surface area contributed by atoms with Gasteiger partial charge in [0.1, 0.15) is 11.5 Å². The zero-order chi connectivity index (χ0) is 25.4. The second kappa shape index (κ2) is 9.67. The third-order valence-corrected chi connectivity index (χ3v) is 6.89. The summed E-state index contributed by atoms with van der Waals surface area (Å²) in [5, 5.41) is 18.3. The molecule has 0 spiro atoms. The van der Waals surface area contributed by atoms with Crippen LogP contribution in [0.15, 0.2) is 67.1 Å². The van der Waals surface area contributed by atoms with Gasteiger partial charge in [0.05, 0.1) is 35.3 Å². The van der Waals surface area contributed by atoms with Crippen molar-refractivity contribution in [3.63, 3.8) is 0 Å². The van der Waals surface area contributed by atoms with E-state index in [9.17, 15) is 14.3 Å². The van der Waals surface area contributed by atoms with Crippen LogP contribution in [0.5, 0.6) is 0 Å². The van der Waals surface area contributed by atoms with Crippen LogP contribution in [-0.2, 0) is 6.42 Å². The molecule has 1 amide bonds. The molecule has 1 aliphatic rings. The Morgan fingerprint density at radius 2 is 1.86 bits per heavy atom. The van der Waals surface area contributed by atoms with E-state index in [1.807, 2.05) is 24.3 Å². The fourth-order valence-corrected chi connectivity index (χ4v) is 4.86. The molecule has 0 saturated heterocycles. The minimum Gasteiger partial charge on any atom is -0.393 e. The Morgan fingerprint density at radius 3 is 2.70 bits per heavy atom. The summed E-state index contributed by atoms with van der Waals surface area (Å²) in [6.45, 7) is 0. The molecule has 1 saturated carbocycles. The van der Waals surface area contributed by atoms with E-state index in [0.29, 0.717) is 49.1 Å². The first-order valence-electron chi connectivity index (χ1n) is 12.4. The van der Waals surface area contributed by atoms with Crippen LogP contribution in [0.1, 0.15) is 47.3 Å². The summed E-state index contributed by atoms with van der Waals surface area (Å²) in [7, 11) is 0. The number of hydrogen-bond donors (Lipinski definition) is 2. The molecule has 6 rings (SSSR count). The van der Waals surface area contributed by atoms with Gasteiger partial charge in [0.2, 0.25) is 0 Å². The zero-order valence-electron chi connectivity index (χ0n) is 20.0. The number of benzene rings is 2. The molecule has 0 unspecified atom stereocenters. The van der Waals surface area contributed by atoms with Gasteiger partial charge in [-0.15, -0.1) is 0 Å². The van der Waals surface area contributed by atoms with E-state index in [-0.39, 0.29) is 17.7 Å². The summed E-state index contributed by atoms with van der Waals surface area (Å²) < 4.78 is 16.6. The Kier molecular flexibility index (Phi) is 6.05. The molecule has 186 valence electrons. The van der Waals surface area contributed by atoms with Crippen molar-refractivity contribution in [2.24, 2.45) is 0 Å². The van der Waals surface area contributed by atoms with Crippen LogP contribution in [0.2, 0.25) is 0 Å². The predicted molar refractivity (Wildman–Crippen MR) is 136 cm³/mol. The lowest BCUT2D eigenvalue weighted by molar-refractivity contribution is 0.0864. The summed E-state index contributed by atoms with van der Waals surface area (Å²) in [6, 6.07) is 14.4. The number of nitrogens with one attached hydrogen (secondary N) is 1. The van der Waals surface area contributed by atoms with Gasteiger partial charge in [0, 0.05) is 29.6 Å². The maximum Gasteiger partial charge on any atom is 0.254 e. The fraction of sp³-hybridized carbons (Fsp3) is 0.250. The molecule has 8 nitrogen and oxygen atoms in total. The molecule has 5 aromatic rings. The number of carbonyl (C=O) groups excluding carboxylic acids is 1. The number of aromatic nitrogens is 5. The average molecular weight is 497 g/mol. The Hall–Kier alpha value is -4.24. The maximum absolute atomic E-state index is 15.0. The molecule has 9 heteroatoms. The predicted octanol–water partition coefficient (Wildman–Crippen LogP) is 4.10. The van der Waals surface area contributed by atoms with Gasteiger partial charge in [0.25, 0.3) is 11.7 Å². The molecule has 37 heavy (non-hydrogen) atoms. The first-order chi connectivity index (χ1) is 18.0. The third-order valence-electron chi connectivity index (χ3n) is 6.89. The minimum atomic E-state index is -0.622. The zero-order valence-corrected chi connectivity index (χ0v) is 20.0. The number of fused-ring (bicyclic) bond motifs is 2. The number of nitrogens with zero attached hydrogens (tertiary/aromatic N) is 5. The van der Waals surface area contributed by atoms with E-state index >= 15 is 0 Å². The van der Waals surface area contributed by atoms with Crippen molar-refractivity contribution in [1.29, 1.82) is 0 Å². The number of amides is 1. The van der Waals surface area contributed by atoms with Crippen molar-refractivity contribution in [2.75, 3.05) is 0 Å². The number of rotatable bonds is 5. The Balaban J connectivity index is 1.23. The number of pyridine rings is 1. The van der Waals surface area contributed by atoms with Gasteiger partial charge < -0.3 is 10.4 Å². The summed E-state index contributed by atoms with van der Waals surface area (Å²) in [4.78, 5) is 25.8. The highest BCUT2D eigenvalue weighted by Crippen LogP contribution is 2.23. The highest BCUT2D eigenvalue weighted by atomic mass is 19.1. The standard InChI is InChI=1S/C28H25FN6O2/c29-24-14-19(4-9-23(24)27(37)33-20-5-7-22(36)8-6-20)26-16-32-28-31-15-21(35(28)34-26)13-17-3-10-25-18(12-17)2-1-11-30-25/h1-4,9-12,14-16,20,22,36H,5-8,13H2,(H,33,37). The number of aliphatic hydroxyl groups excluding tert-OH is 1. The fourth-order valence-electron chi connectivity index (χ4n) is 4.86. The molecular weight excluding hydrogens is 471 g/mol. The van der Waals surface area contributed by atoms with Gasteiger partial charge in [0.15, 0.2) is 0 Å². The van der Waals surface area contributed by atoms with Crippen LogP contribution in [0.3, 0.4) is 0 Å². The molecule has 1 aliphatic carbocycles. The van der Waals surface area contributed by atoms with Crippen LogP contribution in [0.4, 0.5) is 4.39 Å². The molecule has 1 fully saturated rings. The van der Waals surface area contributed by atoms with Gasteiger partial charge in [-0.1, -0.05) is 18.2 Å². The molecule has 0 atom stereocenters. The molecule has 3 heterocycles. The van der Waals surface area contributed by atoms with E-state index in [4.69, 9.17) is 0 Å². The van der Waals surface area contributed by atoms with Crippen molar-refractivity contribution in [2.45, 2.75) is 44.2 Å². The number of aliphatic hydroxyl groups is 1. The van der Waals surface area contributed by atoms with Crippen molar-refractivity contribution in [3.8, 4) is 11.3 Å². The van der Waals surface area contributed by atoms with Gasteiger partial charge in [-0.25, -0.2) is 18.9 Å². The lowest BCUT2D eigenvalue weighted by atomic mass is 9.93. The molecule has 3 aromatic heterocycles. The summed E-state index contributed by atoms with van der Waals surface area (Å²) in [5.74, 6) is -0.617. The van der Waals surface area contributed by atoms with Crippen molar-refractivity contribution < 1.29 is 14.3 Å². The molecule has 0 bridgehead atoms. The van der Waals surface area contributed by atoms with Crippen LogP contribution >= 0.6 is 0 Å². The van der Waals surface area contributed by atoms with Gasteiger partial charge >= 0.3 is 0 Å². The quantitative estimate of drug-likeness (QED) is 0.380. The monoisotopic (exact) mass is 496 g/mol. The van der Waals surface area contributed by atoms with Gasteiger partial charge in [-0.05, 0) is 61.6 Å². The van der Waals surface area contributed by atoms with Crippen molar-refractivity contribution in [3.05, 3.63) is 89.8 Å². The lowest BCUT2D eigenvalue weighted by Gasteiger charge is -2.26. The molecule has 0 aliphatic heterocycles. The molecule has 2 aromatic carbocycles. The number of imidazole rings is 1. The SMILES string of the molecule is O=C(NC1CCC(O)CC1)c1ccc(-c2cnc3ncc(Cc4ccc5ncccc5c4)n3n2)cc1F. The van der Waals surface area contributed by atoms with E-state index in [1.54, 1.807) is 29.2 Å². The minimum absolute atomic E-state index is 0.0157. The van der Waals surface area contributed by atoms with E-state index in [0.717, 1.165) is 22.2 Å². The highest BCUT2D eigenvalue weighted by Gasteiger charge is 2.23. The third kappa shape index (κ3) is 4.77. The smallest absolute Gasteiger partial charge is 0.254 e. The second-order valence-electron chi connectivity index (χ2n) is 9.49. The van der Waals surface area contributed by atoms with E-state index < -0.39 is 11.7 Å². The van der Waals surface area contributed by atoms with Crippen molar-refractivity contribution in [1.82, 2.24) is 29.9 Å². The number of halogens is 1. The maximum atomic E-state index is 15.0. The Labute approximate surface area is 212 Å². The van der Waals surface area contributed by atoms with Gasteiger partial charge in [-0.3, -0.25) is 9.78 Å². The average Bonchev–Trinajstić information content (AvgIpc) is 3.31. The number of carbonyl (C=O) groups is 1. The van der Waals surface area contributed by atoms with Crippen LogP contribution < -0.4 is 5.32 Å². The Bertz CT molecular complexity index is 1610. The summed E-state index contributed by atoms with van der Waals surface area (Å²) in [6.07, 6.45) is 7.99. The normalized spacial score (nSPS) is 17.8.